The summed E-state index contributed by atoms with van der Waals surface area (Å²) in [7, 11) is 0. The molecule has 0 spiro atoms. The summed E-state index contributed by atoms with van der Waals surface area (Å²) in [4.78, 5) is 10.0. The summed E-state index contributed by atoms with van der Waals surface area (Å²) in [5, 5.41) is 5.01. The predicted molar refractivity (Wildman–Crippen MR) is 237 cm³/mol. The standard InChI is InChI=1S/C53H36N4/c1-35-32-40(28-30-42(35)36-24-26-38(27-25-36)48-34-47(37-14-4-2-5-15-37)54-53(55-48)39-16-6-3-7-17-39)56-51-23-13-10-20-45(51)46-33-41(29-31-52(46)56)57-49-21-11-8-18-43(49)44-19-9-12-22-50(44)57/h2-34H,1H3. The molecule has 8 aromatic carbocycles. The molecule has 0 aliphatic carbocycles. The Morgan fingerprint density at radius 2 is 0.772 bits per heavy atom. The summed E-state index contributed by atoms with van der Waals surface area (Å²) >= 11 is 0. The molecule has 0 saturated carbocycles. The third-order valence-corrected chi connectivity index (χ3v) is 11.3. The molecule has 11 aromatic rings. The number of aromatic nitrogens is 4. The maximum atomic E-state index is 5.04. The zero-order valence-electron chi connectivity index (χ0n) is 31.3. The molecule has 4 heteroatoms. The van der Waals surface area contributed by atoms with Gasteiger partial charge in [-0.15, -0.1) is 0 Å². The molecule has 0 unspecified atom stereocenters. The van der Waals surface area contributed by atoms with Crippen LogP contribution in [-0.4, -0.2) is 19.1 Å². The maximum absolute atomic E-state index is 5.04. The largest absolute Gasteiger partial charge is 0.309 e. The topological polar surface area (TPSA) is 35.6 Å². The number of aryl methyl sites for hydroxylation is 1. The van der Waals surface area contributed by atoms with Crippen molar-refractivity contribution in [2.45, 2.75) is 6.92 Å². The number of rotatable bonds is 6. The Labute approximate surface area is 330 Å². The second-order valence-corrected chi connectivity index (χ2v) is 14.7. The van der Waals surface area contributed by atoms with Crippen molar-refractivity contribution in [2.75, 3.05) is 0 Å². The van der Waals surface area contributed by atoms with Crippen LogP contribution in [0.4, 0.5) is 0 Å². The van der Waals surface area contributed by atoms with Gasteiger partial charge < -0.3 is 9.13 Å². The van der Waals surface area contributed by atoms with Crippen molar-refractivity contribution < 1.29 is 0 Å². The van der Waals surface area contributed by atoms with Gasteiger partial charge in [-0.25, -0.2) is 9.97 Å². The zero-order chi connectivity index (χ0) is 37.9. The number of hydrogen-bond acceptors (Lipinski definition) is 2. The molecule has 0 atom stereocenters. The summed E-state index contributed by atoms with van der Waals surface area (Å²) in [6.07, 6.45) is 0. The van der Waals surface area contributed by atoms with Gasteiger partial charge in [0.25, 0.3) is 0 Å². The monoisotopic (exact) mass is 728 g/mol. The van der Waals surface area contributed by atoms with E-state index >= 15 is 0 Å². The Bertz CT molecular complexity index is 3170. The summed E-state index contributed by atoms with van der Waals surface area (Å²) in [6.45, 7) is 2.21. The fourth-order valence-electron chi connectivity index (χ4n) is 8.58. The lowest BCUT2D eigenvalue weighted by Crippen LogP contribution is -1.97. The van der Waals surface area contributed by atoms with E-state index in [1.165, 1.54) is 60.3 Å². The van der Waals surface area contributed by atoms with E-state index in [0.717, 1.165) is 45.3 Å². The first-order valence-corrected chi connectivity index (χ1v) is 19.4. The molecular formula is C53H36N4. The molecule has 3 heterocycles. The first-order valence-electron chi connectivity index (χ1n) is 19.4. The van der Waals surface area contributed by atoms with Gasteiger partial charge in [-0.05, 0) is 78.2 Å². The number of nitrogens with zero attached hydrogens (tertiary/aromatic N) is 4. The lowest BCUT2D eigenvalue weighted by molar-refractivity contribution is 1.16. The van der Waals surface area contributed by atoms with E-state index in [1.807, 2.05) is 36.4 Å². The van der Waals surface area contributed by atoms with Crippen molar-refractivity contribution in [3.63, 3.8) is 0 Å². The Morgan fingerprint density at radius 1 is 0.333 bits per heavy atom. The number of fused-ring (bicyclic) bond motifs is 6. The van der Waals surface area contributed by atoms with Crippen LogP contribution in [0.3, 0.4) is 0 Å². The molecule has 0 radical (unpaired) electrons. The van der Waals surface area contributed by atoms with Gasteiger partial charge in [-0.2, -0.15) is 0 Å². The van der Waals surface area contributed by atoms with Crippen LogP contribution in [-0.2, 0) is 0 Å². The van der Waals surface area contributed by atoms with Crippen molar-refractivity contribution in [1.82, 2.24) is 19.1 Å². The Balaban J connectivity index is 0.971. The van der Waals surface area contributed by atoms with Gasteiger partial charge in [0.15, 0.2) is 5.82 Å². The minimum atomic E-state index is 0.718. The molecule has 268 valence electrons. The average molecular weight is 729 g/mol. The molecule has 0 amide bonds. The Kier molecular flexibility index (Phi) is 7.68. The van der Waals surface area contributed by atoms with E-state index in [2.05, 4.69) is 180 Å². The summed E-state index contributed by atoms with van der Waals surface area (Å²) < 4.78 is 4.81. The van der Waals surface area contributed by atoms with Gasteiger partial charge in [0.1, 0.15) is 0 Å². The van der Waals surface area contributed by atoms with Gasteiger partial charge in [0, 0.05) is 49.6 Å². The minimum absolute atomic E-state index is 0.718. The quantitative estimate of drug-likeness (QED) is 0.171. The molecule has 3 aromatic heterocycles. The van der Waals surface area contributed by atoms with E-state index in [0.29, 0.717) is 0 Å². The van der Waals surface area contributed by atoms with Crippen molar-refractivity contribution in [1.29, 1.82) is 0 Å². The van der Waals surface area contributed by atoms with Crippen LogP contribution in [0.2, 0.25) is 0 Å². The number of benzene rings is 8. The van der Waals surface area contributed by atoms with Gasteiger partial charge in [-0.1, -0.05) is 146 Å². The molecule has 0 saturated heterocycles. The van der Waals surface area contributed by atoms with Crippen LogP contribution >= 0.6 is 0 Å². The van der Waals surface area contributed by atoms with Crippen molar-refractivity contribution in [2.24, 2.45) is 0 Å². The summed E-state index contributed by atoms with van der Waals surface area (Å²) in [5.74, 6) is 0.718. The minimum Gasteiger partial charge on any atom is -0.309 e. The normalized spacial score (nSPS) is 11.6. The lowest BCUT2D eigenvalue weighted by atomic mass is 9.98. The highest BCUT2D eigenvalue weighted by Gasteiger charge is 2.17. The predicted octanol–water partition coefficient (Wildman–Crippen LogP) is 13.6. The van der Waals surface area contributed by atoms with E-state index < -0.39 is 0 Å². The first-order chi connectivity index (χ1) is 28.2. The molecule has 4 nitrogen and oxygen atoms in total. The molecular weight excluding hydrogens is 693 g/mol. The summed E-state index contributed by atoms with van der Waals surface area (Å²) in [5.41, 5.74) is 15.6. The van der Waals surface area contributed by atoms with Crippen molar-refractivity contribution >= 4 is 43.6 Å². The molecule has 11 rings (SSSR count). The Morgan fingerprint density at radius 3 is 1.35 bits per heavy atom. The van der Waals surface area contributed by atoms with Crippen LogP contribution in [0.15, 0.2) is 200 Å². The Hall–Kier alpha value is -7.56. The lowest BCUT2D eigenvalue weighted by Gasteiger charge is -2.14. The first kappa shape index (κ1) is 32.8. The average Bonchev–Trinajstić information content (AvgIpc) is 3.79. The highest BCUT2D eigenvalue weighted by atomic mass is 15.0. The van der Waals surface area contributed by atoms with E-state index in [4.69, 9.17) is 9.97 Å². The third-order valence-electron chi connectivity index (χ3n) is 11.3. The van der Waals surface area contributed by atoms with Crippen LogP contribution in [0, 0.1) is 6.92 Å². The highest BCUT2D eigenvalue weighted by Crippen LogP contribution is 2.38. The molecule has 0 aliphatic heterocycles. The molecule has 0 fully saturated rings. The van der Waals surface area contributed by atoms with E-state index in [-0.39, 0.29) is 0 Å². The number of hydrogen-bond donors (Lipinski definition) is 0. The maximum Gasteiger partial charge on any atom is 0.160 e. The summed E-state index contributed by atoms with van der Waals surface area (Å²) in [6, 6.07) is 71.3. The fraction of sp³-hybridized carbons (Fsp3) is 0.0189. The van der Waals surface area contributed by atoms with Gasteiger partial charge in [0.2, 0.25) is 0 Å². The van der Waals surface area contributed by atoms with Crippen LogP contribution in [0.1, 0.15) is 5.56 Å². The van der Waals surface area contributed by atoms with Crippen molar-refractivity contribution in [3.8, 4) is 56.4 Å². The molecule has 0 aliphatic rings. The molecule has 57 heavy (non-hydrogen) atoms. The van der Waals surface area contributed by atoms with Gasteiger partial charge in [0.05, 0.1) is 33.5 Å². The van der Waals surface area contributed by atoms with Crippen LogP contribution in [0.25, 0.3) is 100 Å². The highest BCUT2D eigenvalue weighted by molar-refractivity contribution is 6.12. The van der Waals surface area contributed by atoms with E-state index in [1.54, 1.807) is 0 Å². The van der Waals surface area contributed by atoms with Gasteiger partial charge >= 0.3 is 0 Å². The zero-order valence-corrected chi connectivity index (χ0v) is 31.3. The van der Waals surface area contributed by atoms with E-state index in [9.17, 15) is 0 Å². The molecule has 0 N–H and O–H groups in total. The fourth-order valence-corrected chi connectivity index (χ4v) is 8.58. The molecule has 0 bridgehead atoms. The van der Waals surface area contributed by atoms with Crippen LogP contribution < -0.4 is 0 Å². The van der Waals surface area contributed by atoms with Crippen LogP contribution in [0.5, 0.6) is 0 Å². The smallest absolute Gasteiger partial charge is 0.160 e. The van der Waals surface area contributed by atoms with Crippen molar-refractivity contribution in [3.05, 3.63) is 206 Å². The second-order valence-electron chi connectivity index (χ2n) is 14.7. The number of para-hydroxylation sites is 3. The van der Waals surface area contributed by atoms with Gasteiger partial charge in [-0.3, -0.25) is 0 Å². The second kappa shape index (κ2) is 13.3. The third kappa shape index (κ3) is 5.53. The SMILES string of the molecule is Cc1cc(-n2c3ccccc3c3cc(-n4c5ccccc5c5ccccc54)ccc32)ccc1-c1ccc(-c2cc(-c3ccccc3)nc(-c3ccccc3)n2)cc1.